The summed E-state index contributed by atoms with van der Waals surface area (Å²) in [4.78, 5) is 0.555. The van der Waals surface area contributed by atoms with Crippen LogP contribution in [0.5, 0.6) is 0 Å². The molecular formula is C12H13ClFN3S. The zero-order valence-electron chi connectivity index (χ0n) is 10.1. The molecule has 1 aromatic heterocycles. The first-order chi connectivity index (χ1) is 8.49. The number of benzene rings is 1. The van der Waals surface area contributed by atoms with Crippen molar-refractivity contribution in [2.75, 3.05) is 5.73 Å². The molecule has 2 rings (SSSR count). The number of nitrogen functional groups attached to an aromatic ring is 1. The van der Waals surface area contributed by atoms with Crippen LogP contribution in [0, 0.1) is 12.7 Å². The van der Waals surface area contributed by atoms with Crippen LogP contribution in [-0.2, 0) is 12.8 Å². The SMILES string of the molecule is Cc1nn(C)c(CSc2ccc(N)cc2F)c1Cl. The minimum Gasteiger partial charge on any atom is -0.399 e. The fourth-order valence-corrected chi connectivity index (χ4v) is 2.91. The highest BCUT2D eigenvalue weighted by molar-refractivity contribution is 7.98. The smallest absolute Gasteiger partial charge is 0.138 e. The summed E-state index contributed by atoms with van der Waals surface area (Å²) < 4.78 is 15.3. The van der Waals surface area contributed by atoms with E-state index in [0.29, 0.717) is 21.4 Å². The number of hydrogen-bond donors (Lipinski definition) is 1. The van der Waals surface area contributed by atoms with Gasteiger partial charge in [-0.05, 0) is 25.1 Å². The first kappa shape index (κ1) is 13.2. The largest absolute Gasteiger partial charge is 0.399 e. The lowest BCUT2D eigenvalue weighted by molar-refractivity contribution is 0.602. The van der Waals surface area contributed by atoms with Gasteiger partial charge in [-0.25, -0.2) is 4.39 Å². The molecule has 1 heterocycles. The lowest BCUT2D eigenvalue weighted by Crippen LogP contribution is -1.97. The van der Waals surface area contributed by atoms with Gasteiger partial charge < -0.3 is 5.73 Å². The van der Waals surface area contributed by atoms with Crippen LogP contribution in [0.3, 0.4) is 0 Å². The first-order valence-corrected chi connectivity index (χ1v) is 6.71. The Labute approximate surface area is 114 Å². The van der Waals surface area contributed by atoms with Gasteiger partial charge in [0.1, 0.15) is 5.82 Å². The van der Waals surface area contributed by atoms with Gasteiger partial charge in [0.25, 0.3) is 0 Å². The summed E-state index contributed by atoms with van der Waals surface area (Å²) in [5, 5.41) is 4.86. The third-order valence-corrected chi connectivity index (χ3v) is 4.13. The number of halogens is 2. The Morgan fingerprint density at radius 3 is 2.78 bits per heavy atom. The summed E-state index contributed by atoms with van der Waals surface area (Å²) in [6.45, 7) is 1.85. The molecule has 0 aliphatic rings. The van der Waals surface area contributed by atoms with Crippen LogP contribution in [-0.4, -0.2) is 9.78 Å². The van der Waals surface area contributed by atoms with Crippen LogP contribution in [0.1, 0.15) is 11.4 Å². The van der Waals surface area contributed by atoms with Gasteiger partial charge >= 0.3 is 0 Å². The maximum absolute atomic E-state index is 13.6. The third-order valence-electron chi connectivity index (χ3n) is 2.58. The van der Waals surface area contributed by atoms with Gasteiger partial charge in [0.05, 0.1) is 16.4 Å². The molecule has 0 spiro atoms. The lowest BCUT2D eigenvalue weighted by Gasteiger charge is -2.05. The van der Waals surface area contributed by atoms with E-state index < -0.39 is 0 Å². The van der Waals surface area contributed by atoms with Crippen molar-refractivity contribution in [1.82, 2.24) is 9.78 Å². The maximum Gasteiger partial charge on any atom is 0.138 e. The van der Waals surface area contributed by atoms with Gasteiger partial charge in [0.15, 0.2) is 0 Å². The van der Waals surface area contributed by atoms with Gasteiger partial charge in [0.2, 0.25) is 0 Å². The minimum absolute atomic E-state index is 0.310. The van der Waals surface area contributed by atoms with Crippen LogP contribution >= 0.6 is 23.4 Å². The van der Waals surface area contributed by atoms with Crippen LogP contribution in [0.4, 0.5) is 10.1 Å². The second-order valence-corrected chi connectivity index (χ2v) is 5.34. The van der Waals surface area contributed by atoms with Crippen molar-refractivity contribution in [2.45, 2.75) is 17.6 Å². The van der Waals surface area contributed by atoms with Gasteiger partial charge in [0, 0.05) is 23.4 Å². The lowest BCUT2D eigenvalue weighted by atomic mass is 10.3. The van der Waals surface area contributed by atoms with Crippen LogP contribution in [0.2, 0.25) is 5.02 Å². The van der Waals surface area contributed by atoms with Crippen LogP contribution < -0.4 is 5.73 Å². The Hall–Kier alpha value is -1.20. The highest BCUT2D eigenvalue weighted by Gasteiger charge is 2.12. The molecule has 0 atom stereocenters. The normalized spacial score (nSPS) is 10.9. The Morgan fingerprint density at radius 1 is 1.50 bits per heavy atom. The van der Waals surface area contributed by atoms with Crippen molar-refractivity contribution in [3.8, 4) is 0 Å². The monoisotopic (exact) mass is 285 g/mol. The van der Waals surface area contributed by atoms with Crippen LogP contribution in [0.15, 0.2) is 23.1 Å². The summed E-state index contributed by atoms with van der Waals surface area (Å²) in [5.74, 6) is 0.256. The molecule has 18 heavy (non-hydrogen) atoms. The topological polar surface area (TPSA) is 43.8 Å². The van der Waals surface area contributed by atoms with E-state index >= 15 is 0 Å². The van der Waals surface area contributed by atoms with Crippen molar-refractivity contribution in [3.63, 3.8) is 0 Å². The highest BCUT2D eigenvalue weighted by Crippen LogP contribution is 2.30. The van der Waals surface area contributed by atoms with Crippen molar-refractivity contribution in [1.29, 1.82) is 0 Å². The molecule has 0 unspecified atom stereocenters. The Bertz CT molecular complexity index is 583. The molecule has 0 amide bonds. The zero-order valence-corrected chi connectivity index (χ0v) is 11.6. The van der Waals surface area contributed by atoms with E-state index in [9.17, 15) is 4.39 Å². The number of hydrogen-bond acceptors (Lipinski definition) is 3. The van der Waals surface area contributed by atoms with Crippen molar-refractivity contribution >= 4 is 29.1 Å². The molecule has 2 N–H and O–H groups in total. The number of aromatic nitrogens is 2. The number of thioether (sulfide) groups is 1. The highest BCUT2D eigenvalue weighted by atomic mass is 35.5. The number of rotatable bonds is 3. The van der Waals surface area contributed by atoms with Crippen molar-refractivity contribution in [2.24, 2.45) is 7.05 Å². The van der Waals surface area contributed by atoms with E-state index in [1.54, 1.807) is 16.8 Å². The molecule has 0 aliphatic heterocycles. The molecule has 1 aromatic carbocycles. The number of anilines is 1. The second-order valence-electron chi connectivity index (χ2n) is 3.95. The van der Waals surface area contributed by atoms with E-state index in [4.69, 9.17) is 17.3 Å². The number of nitrogens with zero attached hydrogens (tertiary/aromatic N) is 2. The Morgan fingerprint density at radius 2 is 2.22 bits per heavy atom. The van der Waals surface area contributed by atoms with Gasteiger partial charge in [-0.3, -0.25) is 4.68 Å². The van der Waals surface area contributed by atoms with E-state index in [1.807, 2.05) is 14.0 Å². The zero-order chi connectivity index (χ0) is 13.3. The summed E-state index contributed by atoms with van der Waals surface area (Å²) >= 11 is 7.51. The summed E-state index contributed by atoms with van der Waals surface area (Å²) in [7, 11) is 1.83. The summed E-state index contributed by atoms with van der Waals surface area (Å²) in [6.07, 6.45) is 0. The average molecular weight is 286 g/mol. The molecule has 0 radical (unpaired) electrons. The fourth-order valence-electron chi connectivity index (χ4n) is 1.62. The van der Waals surface area contributed by atoms with Gasteiger partial charge in [-0.15, -0.1) is 11.8 Å². The Kier molecular flexibility index (Phi) is 3.82. The summed E-state index contributed by atoms with van der Waals surface area (Å²) in [6, 6.07) is 4.67. The van der Waals surface area contributed by atoms with Crippen molar-refractivity contribution < 1.29 is 4.39 Å². The molecule has 96 valence electrons. The first-order valence-electron chi connectivity index (χ1n) is 5.35. The Balaban J connectivity index is 2.16. The predicted octanol–water partition coefficient (Wildman–Crippen LogP) is 3.40. The molecule has 0 bridgehead atoms. The molecule has 0 saturated heterocycles. The summed E-state index contributed by atoms with van der Waals surface area (Å²) in [5.41, 5.74) is 7.59. The standard InChI is InChI=1S/C12H13ClFN3S/c1-7-12(13)10(17(2)16-7)6-18-11-4-3-8(15)5-9(11)14/h3-5H,6,15H2,1-2H3. The molecule has 0 saturated carbocycles. The molecule has 0 aliphatic carbocycles. The van der Waals surface area contributed by atoms with Crippen LogP contribution in [0.25, 0.3) is 0 Å². The molecular weight excluding hydrogens is 273 g/mol. The number of nitrogens with two attached hydrogens (primary N) is 1. The van der Waals surface area contributed by atoms with E-state index in [0.717, 1.165) is 11.4 Å². The van der Waals surface area contributed by atoms with Crippen molar-refractivity contribution in [3.05, 3.63) is 40.4 Å². The number of aryl methyl sites for hydroxylation is 2. The molecule has 3 nitrogen and oxygen atoms in total. The molecule has 0 fully saturated rings. The molecule has 2 aromatic rings. The van der Waals surface area contributed by atoms with Gasteiger partial charge in [-0.2, -0.15) is 5.10 Å². The van der Waals surface area contributed by atoms with E-state index in [2.05, 4.69) is 5.10 Å². The minimum atomic E-state index is -0.310. The average Bonchev–Trinajstić information content (AvgIpc) is 2.53. The van der Waals surface area contributed by atoms with E-state index in [1.165, 1.54) is 17.8 Å². The quantitative estimate of drug-likeness (QED) is 0.694. The third kappa shape index (κ3) is 2.62. The molecule has 6 heteroatoms. The maximum atomic E-state index is 13.6. The van der Waals surface area contributed by atoms with Gasteiger partial charge in [-0.1, -0.05) is 11.6 Å². The predicted molar refractivity (Wildman–Crippen MR) is 73.3 cm³/mol. The van der Waals surface area contributed by atoms with E-state index in [-0.39, 0.29) is 5.82 Å². The fraction of sp³-hybridized carbons (Fsp3) is 0.250. The second kappa shape index (κ2) is 5.20.